The zero-order valence-corrected chi connectivity index (χ0v) is 18.1. The summed E-state index contributed by atoms with van der Waals surface area (Å²) < 4.78 is 12.0. The van der Waals surface area contributed by atoms with Gasteiger partial charge in [0.15, 0.2) is 13.2 Å². The highest BCUT2D eigenvalue weighted by atomic mass is 79.9. The Morgan fingerprint density at radius 3 is 2.21 bits per heavy atom. The molecular formula is C21H25BrN2O4. The van der Waals surface area contributed by atoms with Crippen LogP contribution in [0.1, 0.15) is 36.5 Å². The van der Waals surface area contributed by atoms with Crippen LogP contribution in [0.3, 0.4) is 0 Å². The number of ether oxygens (including phenoxy) is 2. The first-order valence-electron chi connectivity index (χ1n) is 8.96. The van der Waals surface area contributed by atoms with E-state index in [9.17, 15) is 9.59 Å². The highest BCUT2D eigenvalue weighted by Crippen LogP contribution is 2.27. The molecule has 0 spiro atoms. The van der Waals surface area contributed by atoms with Gasteiger partial charge in [0.25, 0.3) is 11.8 Å². The number of benzene rings is 2. The van der Waals surface area contributed by atoms with E-state index in [1.165, 1.54) is 0 Å². The van der Waals surface area contributed by atoms with Crippen molar-refractivity contribution in [3.05, 3.63) is 57.6 Å². The molecule has 0 atom stereocenters. The van der Waals surface area contributed by atoms with Crippen LogP contribution in [0, 0.1) is 13.8 Å². The molecule has 0 radical (unpaired) electrons. The lowest BCUT2D eigenvalue weighted by molar-refractivity contribution is -0.131. The number of hydrogen-bond donors (Lipinski definition) is 2. The molecule has 2 amide bonds. The molecule has 2 aromatic rings. The molecule has 0 saturated heterocycles. The second kappa shape index (κ2) is 10.1. The van der Waals surface area contributed by atoms with Crippen LogP contribution in [0.15, 0.2) is 40.9 Å². The molecule has 0 aromatic heterocycles. The van der Waals surface area contributed by atoms with Gasteiger partial charge in [-0.2, -0.15) is 0 Å². The Kier molecular flexibility index (Phi) is 7.87. The van der Waals surface area contributed by atoms with Gasteiger partial charge in [-0.15, -0.1) is 0 Å². The molecule has 150 valence electrons. The van der Waals surface area contributed by atoms with E-state index in [0.29, 0.717) is 11.5 Å². The van der Waals surface area contributed by atoms with Crippen molar-refractivity contribution in [2.45, 2.75) is 33.6 Å². The molecule has 2 aromatic carbocycles. The summed E-state index contributed by atoms with van der Waals surface area (Å²) in [6, 6.07) is 11.3. The van der Waals surface area contributed by atoms with E-state index < -0.39 is 11.8 Å². The topological polar surface area (TPSA) is 76.7 Å². The van der Waals surface area contributed by atoms with Crippen molar-refractivity contribution in [2.75, 3.05) is 13.2 Å². The van der Waals surface area contributed by atoms with Gasteiger partial charge >= 0.3 is 0 Å². The van der Waals surface area contributed by atoms with E-state index in [-0.39, 0.29) is 19.1 Å². The predicted octanol–water partition coefficient (Wildman–Crippen LogP) is 3.79. The predicted molar refractivity (Wildman–Crippen MR) is 111 cm³/mol. The quantitative estimate of drug-likeness (QED) is 0.631. The Balaban J connectivity index is 1.77. The standard InChI is InChI=1S/C21H25BrN2O4/c1-13(2)17-7-5-14(3)9-19(17)28-12-21(26)24-23-20(25)11-27-16-6-8-18(22)15(4)10-16/h5-10,13H,11-12H2,1-4H3,(H,23,25)(H,24,26). The van der Waals surface area contributed by atoms with Crippen LogP contribution in [0.25, 0.3) is 0 Å². The summed E-state index contributed by atoms with van der Waals surface area (Å²) in [5, 5.41) is 0. The number of hydrazine groups is 1. The highest BCUT2D eigenvalue weighted by molar-refractivity contribution is 9.10. The molecular weight excluding hydrogens is 424 g/mol. The number of nitrogens with one attached hydrogen (secondary N) is 2. The molecule has 0 heterocycles. The summed E-state index contributed by atoms with van der Waals surface area (Å²) in [5.41, 5.74) is 7.71. The first kappa shape index (κ1) is 21.8. The van der Waals surface area contributed by atoms with E-state index in [1.807, 2.05) is 44.2 Å². The SMILES string of the molecule is Cc1ccc(C(C)C)c(OCC(=O)NNC(=O)COc2ccc(Br)c(C)c2)c1. The van der Waals surface area contributed by atoms with Crippen LogP contribution in [0.2, 0.25) is 0 Å². The van der Waals surface area contributed by atoms with Crippen LogP contribution in [0.5, 0.6) is 11.5 Å². The molecule has 28 heavy (non-hydrogen) atoms. The smallest absolute Gasteiger partial charge is 0.276 e. The van der Waals surface area contributed by atoms with Crippen LogP contribution in [0.4, 0.5) is 0 Å². The second-order valence-corrected chi connectivity index (χ2v) is 7.64. The van der Waals surface area contributed by atoms with Crippen molar-refractivity contribution in [1.29, 1.82) is 0 Å². The third-order valence-corrected chi connectivity index (χ3v) is 4.88. The maximum absolute atomic E-state index is 11.9. The van der Waals surface area contributed by atoms with Gasteiger partial charge in [-0.25, -0.2) is 0 Å². The summed E-state index contributed by atoms with van der Waals surface area (Å²) in [6.07, 6.45) is 0. The van der Waals surface area contributed by atoms with E-state index >= 15 is 0 Å². The molecule has 7 heteroatoms. The van der Waals surface area contributed by atoms with Gasteiger partial charge in [0.2, 0.25) is 0 Å². The lowest BCUT2D eigenvalue weighted by Gasteiger charge is -2.15. The van der Waals surface area contributed by atoms with Crippen molar-refractivity contribution >= 4 is 27.7 Å². The van der Waals surface area contributed by atoms with Crippen LogP contribution >= 0.6 is 15.9 Å². The number of aryl methyl sites for hydroxylation is 2. The van der Waals surface area contributed by atoms with Gasteiger partial charge in [-0.05, 0) is 60.7 Å². The summed E-state index contributed by atoms with van der Waals surface area (Å²) in [5.74, 6) is 0.603. The number of rotatable bonds is 7. The van der Waals surface area contributed by atoms with E-state index in [0.717, 1.165) is 21.2 Å². The van der Waals surface area contributed by atoms with E-state index in [1.54, 1.807) is 6.07 Å². The third kappa shape index (κ3) is 6.56. The van der Waals surface area contributed by atoms with Gasteiger partial charge < -0.3 is 9.47 Å². The minimum Gasteiger partial charge on any atom is -0.484 e. The molecule has 2 N–H and O–H groups in total. The average Bonchev–Trinajstić information content (AvgIpc) is 2.65. The third-order valence-electron chi connectivity index (χ3n) is 3.99. The van der Waals surface area contributed by atoms with Gasteiger partial charge in [0.1, 0.15) is 11.5 Å². The monoisotopic (exact) mass is 448 g/mol. The van der Waals surface area contributed by atoms with Crippen molar-refractivity contribution in [3.8, 4) is 11.5 Å². The lowest BCUT2D eigenvalue weighted by atomic mass is 10.0. The molecule has 0 aliphatic carbocycles. The Labute approximate surface area is 173 Å². The zero-order chi connectivity index (χ0) is 20.7. The molecule has 0 unspecified atom stereocenters. The van der Waals surface area contributed by atoms with Crippen LogP contribution in [-0.2, 0) is 9.59 Å². The van der Waals surface area contributed by atoms with Crippen molar-refractivity contribution in [2.24, 2.45) is 0 Å². The highest BCUT2D eigenvalue weighted by Gasteiger charge is 2.11. The summed E-state index contributed by atoms with van der Waals surface area (Å²) in [6.45, 7) is 7.60. The molecule has 0 fully saturated rings. The Hall–Kier alpha value is -2.54. The van der Waals surface area contributed by atoms with Gasteiger partial charge in [-0.1, -0.05) is 41.9 Å². The van der Waals surface area contributed by atoms with E-state index in [4.69, 9.17) is 9.47 Å². The number of carbonyl (C=O) groups excluding carboxylic acids is 2. The summed E-state index contributed by atoms with van der Waals surface area (Å²) in [7, 11) is 0. The first-order valence-corrected chi connectivity index (χ1v) is 9.75. The van der Waals surface area contributed by atoms with Crippen molar-refractivity contribution < 1.29 is 19.1 Å². The molecule has 2 rings (SSSR count). The molecule has 0 saturated carbocycles. The minimum atomic E-state index is -0.465. The fourth-order valence-corrected chi connectivity index (χ4v) is 2.70. The number of amides is 2. The molecule has 0 bridgehead atoms. The maximum atomic E-state index is 11.9. The minimum absolute atomic E-state index is 0.198. The molecule has 0 aliphatic heterocycles. The Morgan fingerprint density at radius 2 is 1.61 bits per heavy atom. The number of carbonyl (C=O) groups is 2. The Morgan fingerprint density at radius 1 is 0.964 bits per heavy atom. The van der Waals surface area contributed by atoms with Crippen molar-refractivity contribution in [3.63, 3.8) is 0 Å². The van der Waals surface area contributed by atoms with E-state index in [2.05, 4.69) is 40.6 Å². The Bertz CT molecular complexity index is 852. The largest absolute Gasteiger partial charge is 0.484 e. The molecule has 6 nitrogen and oxygen atoms in total. The normalized spacial score (nSPS) is 10.5. The lowest BCUT2D eigenvalue weighted by Crippen LogP contribution is -2.45. The average molecular weight is 449 g/mol. The number of halogens is 1. The maximum Gasteiger partial charge on any atom is 0.276 e. The van der Waals surface area contributed by atoms with Crippen LogP contribution in [-0.4, -0.2) is 25.0 Å². The summed E-state index contributed by atoms with van der Waals surface area (Å²) in [4.78, 5) is 23.8. The fourth-order valence-electron chi connectivity index (χ4n) is 2.45. The van der Waals surface area contributed by atoms with Gasteiger partial charge in [0, 0.05) is 4.47 Å². The zero-order valence-electron chi connectivity index (χ0n) is 16.5. The molecule has 0 aliphatic rings. The number of hydrogen-bond acceptors (Lipinski definition) is 4. The van der Waals surface area contributed by atoms with Gasteiger partial charge in [-0.3, -0.25) is 20.4 Å². The second-order valence-electron chi connectivity index (χ2n) is 6.78. The van der Waals surface area contributed by atoms with Gasteiger partial charge in [0.05, 0.1) is 0 Å². The fraction of sp³-hybridized carbons (Fsp3) is 0.333. The summed E-state index contributed by atoms with van der Waals surface area (Å²) >= 11 is 3.40. The first-order chi connectivity index (χ1) is 13.3. The van der Waals surface area contributed by atoms with Crippen LogP contribution < -0.4 is 20.3 Å². The van der Waals surface area contributed by atoms with Crippen molar-refractivity contribution in [1.82, 2.24) is 10.9 Å².